The average Bonchev–Trinajstić information content (AvgIpc) is 1.99. The lowest BCUT2D eigenvalue weighted by Gasteiger charge is -2.27. The molecule has 0 aliphatic carbocycles. The van der Waals surface area contributed by atoms with Crippen LogP contribution in [0.5, 0.6) is 0 Å². The van der Waals surface area contributed by atoms with Crippen molar-refractivity contribution in [2.24, 2.45) is 0 Å². The fourth-order valence-electron chi connectivity index (χ4n) is 1.04. The van der Waals surface area contributed by atoms with Crippen molar-refractivity contribution in [2.75, 3.05) is 27.3 Å². The number of nitrogens with zero attached hydrogens (tertiary/aromatic N) is 1. The second-order valence-electron chi connectivity index (χ2n) is 4.35. The van der Waals surface area contributed by atoms with Crippen LogP contribution in [-0.4, -0.2) is 49.0 Å². The van der Waals surface area contributed by atoms with Crippen LogP contribution in [-0.2, 0) is 4.74 Å². The van der Waals surface area contributed by atoms with Crippen LogP contribution in [0, 0.1) is 0 Å². The molecule has 1 unspecified atom stereocenters. The molecular formula is C10H23NO2. The largest absolute Gasteiger partial charge is 0.390 e. The van der Waals surface area contributed by atoms with Crippen LogP contribution in [0.25, 0.3) is 0 Å². The Morgan fingerprint density at radius 1 is 1.46 bits per heavy atom. The molecule has 0 amide bonds. The molecule has 0 aromatic heterocycles. The third-order valence-corrected chi connectivity index (χ3v) is 2.24. The maximum absolute atomic E-state index is 9.52. The third kappa shape index (κ3) is 6.99. The van der Waals surface area contributed by atoms with Crippen molar-refractivity contribution < 1.29 is 9.84 Å². The van der Waals surface area contributed by atoms with Crippen molar-refractivity contribution in [3.8, 4) is 0 Å². The SMILES string of the molecule is COCC(C)N(C)CCC(C)(C)O. The van der Waals surface area contributed by atoms with E-state index in [1.807, 2.05) is 13.8 Å². The summed E-state index contributed by atoms with van der Waals surface area (Å²) in [7, 11) is 3.76. The highest BCUT2D eigenvalue weighted by molar-refractivity contribution is 4.70. The first kappa shape index (κ1) is 12.9. The van der Waals surface area contributed by atoms with Crippen LogP contribution in [0.4, 0.5) is 0 Å². The van der Waals surface area contributed by atoms with Crippen molar-refractivity contribution in [1.29, 1.82) is 0 Å². The number of likely N-dealkylation sites (N-methyl/N-ethyl adjacent to an activating group) is 1. The molecule has 0 aliphatic rings. The minimum Gasteiger partial charge on any atom is -0.390 e. The first-order chi connectivity index (χ1) is 5.87. The molecule has 0 aromatic rings. The zero-order chi connectivity index (χ0) is 10.5. The Kier molecular flexibility index (Phi) is 5.53. The van der Waals surface area contributed by atoms with E-state index in [-0.39, 0.29) is 0 Å². The lowest BCUT2D eigenvalue weighted by molar-refractivity contribution is 0.0477. The molecule has 13 heavy (non-hydrogen) atoms. The van der Waals surface area contributed by atoms with Gasteiger partial charge in [0.15, 0.2) is 0 Å². The van der Waals surface area contributed by atoms with E-state index in [9.17, 15) is 5.11 Å². The highest BCUT2D eigenvalue weighted by atomic mass is 16.5. The van der Waals surface area contributed by atoms with Gasteiger partial charge in [-0.15, -0.1) is 0 Å². The van der Waals surface area contributed by atoms with Crippen LogP contribution >= 0.6 is 0 Å². The van der Waals surface area contributed by atoms with Gasteiger partial charge in [0, 0.05) is 19.7 Å². The lowest BCUT2D eigenvalue weighted by atomic mass is 10.1. The van der Waals surface area contributed by atoms with Crippen LogP contribution in [0.15, 0.2) is 0 Å². The van der Waals surface area contributed by atoms with E-state index in [0.717, 1.165) is 19.6 Å². The molecule has 0 saturated carbocycles. The van der Waals surface area contributed by atoms with E-state index in [4.69, 9.17) is 4.74 Å². The van der Waals surface area contributed by atoms with E-state index < -0.39 is 5.60 Å². The van der Waals surface area contributed by atoms with Gasteiger partial charge in [0.05, 0.1) is 12.2 Å². The Labute approximate surface area is 81.7 Å². The summed E-state index contributed by atoms with van der Waals surface area (Å²) in [5.41, 5.74) is -0.568. The van der Waals surface area contributed by atoms with Gasteiger partial charge >= 0.3 is 0 Å². The first-order valence-electron chi connectivity index (χ1n) is 4.78. The van der Waals surface area contributed by atoms with Gasteiger partial charge in [0.1, 0.15) is 0 Å². The summed E-state index contributed by atoms with van der Waals surface area (Å²) in [5.74, 6) is 0. The standard InChI is InChI=1S/C10H23NO2/c1-9(8-13-5)11(4)7-6-10(2,3)12/h9,12H,6-8H2,1-5H3. The lowest BCUT2D eigenvalue weighted by Crippen LogP contribution is -2.36. The average molecular weight is 189 g/mol. The van der Waals surface area contributed by atoms with Gasteiger partial charge in [-0.2, -0.15) is 0 Å². The predicted octanol–water partition coefficient (Wildman–Crippen LogP) is 1.11. The Bertz CT molecular complexity index is 131. The molecule has 3 nitrogen and oxygen atoms in total. The number of rotatable bonds is 6. The maximum atomic E-state index is 9.52. The number of methoxy groups -OCH3 is 1. The summed E-state index contributed by atoms with van der Waals surface area (Å²) in [6.07, 6.45) is 0.789. The second-order valence-corrected chi connectivity index (χ2v) is 4.35. The van der Waals surface area contributed by atoms with Crippen molar-refractivity contribution in [3.63, 3.8) is 0 Å². The Balaban J connectivity index is 3.67. The molecule has 1 atom stereocenters. The number of hydrogen-bond acceptors (Lipinski definition) is 3. The third-order valence-electron chi connectivity index (χ3n) is 2.24. The molecule has 1 N–H and O–H groups in total. The highest BCUT2D eigenvalue weighted by Gasteiger charge is 2.15. The Morgan fingerprint density at radius 2 is 2.00 bits per heavy atom. The molecule has 0 bridgehead atoms. The fraction of sp³-hybridized carbons (Fsp3) is 1.00. The van der Waals surface area contributed by atoms with Crippen molar-refractivity contribution in [2.45, 2.75) is 38.8 Å². The van der Waals surface area contributed by atoms with Crippen LogP contribution in [0.3, 0.4) is 0 Å². The molecule has 0 heterocycles. The summed E-state index contributed by atoms with van der Waals surface area (Å²) in [4.78, 5) is 2.20. The minimum absolute atomic E-state index is 0.410. The van der Waals surface area contributed by atoms with Gasteiger partial charge in [0.25, 0.3) is 0 Å². The van der Waals surface area contributed by atoms with Crippen LogP contribution < -0.4 is 0 Å². The highest BCUT2D eigenvalue weighted by Crippen LogP contribution is 2.08. The Morgan fingerprint density at radius 3 is 2.38 bits per heavy atom. The maximum Gasteiger partial charge on any atom is 0.0615 e. The molecule has 0 rings (SSSR count). The summed E-state index contributed by atoms with van der Waals surface area (Å²) >= 11 is 0. The normalized spacial score (nSPS) is 15.0. The zero-order valence-electron chi connectivity index (χ0n) is 9.50. The molecule has 0 spiro atoms. The van der Waals surface area contributed by atoms with Gasteiger partial charge < -0.3 is 14.7 Å². The van der Waals surface area contributed by atoms with Gasteiger partial charge in [-0.3, -0.25) is 0 Å². The van der Waals surface area contributed by atoms with Crippen molar-refractivity contribution >= 4 is 0 Å². The summed E-state index contributed by atoms with van der Waals surface area (Å²) < 4.78 is 5.05. The quantitative estimate of drug-likeness (QED) is 0.679. The zero-order valence-corrected chi connectivity index (χ0v) is 9.50. The van der Waals surface area contributed by atoms with Gasteiger partial charge in [-0.25, -0.2) is 0 Å². The second kappa shape index (κ2) is 5.58. The van der Waals surface area contributed by atoms with E-state index in [1.165, 1.54) is 0 Å². The van der Waals surface area contributed by atoms with Crippen LogP contribution in [0.2, 0.25) is 0 Å². The summed E-state index contributed by atoms with van der Waals surface area (Å²) in [5, 5.41) is 9.52. The van der Waals surface area contributed by atoms with Crippen molar-refractivity contribution in [3.05, 3.63) is 0 Å². The monoisotopic (exact) mass is 189 g/mol. The molecule has 0 saturated heterocycles. The molecule has 0 radical (unpaired) electrons. The molecule has 0 aromatic carbocycles. The summed E-state index contributed by atoms with van der Waals surface area (Å²) in [6.45, 7) is 7.42. The predicted molar refractivity (Wildman–Crippen MR) is 54.9 cm³/mol. The van der Waals surface area contributed by atoms with E-state index >= 15 is 0 Å². The van der Waals surface area contributed by atoms with E-state index in [2.05, 4.69) is 18.9 Å². The molecular weight excluding hydrogens is 166 g/mol. The van der Waals surface area contributed by atoms with E-state index in [0.29, 0.717) is 6.04 Å². The number of ether oxygens (including phenoxy) is 1. The number of hydrogen-bond donors (Lipinski definition) is 1. The fourth-order valence-corrected chi connectivity index (χ4v) is 1.04. The molecule has 0 aliphatic heterocycles. The minimum atomic E-state index is -0.568. The molecule has 3 heteroatoms. The number of aliphatic hydroxyl groups is 1. The molecule has 0 fully saturated rings. The summed E-state index contributed by atoms with van der Waals surface area (Å²) in [6, 6.07) is 0.410. The van der Waals surface area contributed by atoms with Crippen LogP contribution in [0.1, 0.15) is 27.2 Å². The van der Waals surface area contributed by atoms with Gasteiger partial charge in [-0.05, 0) is 34.2 Å². The molecule has 80 valence electrons. The van der Waals surface area contributed by atoms with Gasteiger partial charge in [-0.1, -0.05) is 0 Å². The Hall–Kier alpha value is -0.120. The van der Waals surface area contributed by atoms with Crippen molar-refractivity contribution in [1.82, 2.24) is 4.90 Å². The smallest absolute Gasteiger partial charge is 0.0615 e. The van der Waals surface area contributed by atoms with E-state index in [1.54, 1.807) is 7.11 Å². The van der Waals surface area contributed by atoms with Gasteiger partial charge in [0.2, 0.25) is 0 Å². The topological polar surface area (TPSA) is 32.7 Å². The first-order valence-corrected chi connectivity index (χ1v) is 4.78.